The third-order valence-electron chi connectivity index (χ3n) is 1.90. The van der Waals surface area contributed by atoms with Gasteiger partial charge in [0, 0.05) is 20.9 Å². The van der Waals surface area contributed by atoms with E-state index in [4.69, 9.17) is 4.52 Å². The van der Waals surface area contributed by atoms with Crippen LogP contribution in [0.1, 0.15) is 33.6 Å². The van der Waals surface area contributed by atoms with Gasteiger partial charge in [-0.1, -0.05) is 20.8 Å². The Morgan fingerprint density at radius 2 is 1.70 bits per heavy atom. The highest BCUT2D eigenvalue weighted by molar-refractivity contribution is 7.53. The minimum absolute atomic E-state index is 0.120. The molecule has 0 aromatic carbocycles. The van der Waals surface area contributed by atoms with Gasteiger partial charge in [0.15, 0.2) is 0 Å². The SMILES string of the molecule is CCC(CC)P(CC)OC. The fraction of sp³-hybridized carbons (Fsp3) is 1.00. The first-order chi connectivity index (χ1) is 4.79. The summed E-state index contributed by atoms with van der Waals surface area (Å²) < 4.78 is 5.41. The van der Waals surface area contributed by atoms with Crippen molar-refractivity contribution < 1.29 is 4.52 Å². The van der Waals surface area contributed by atoms with E-state index in [9.17, 15) is 0 Å². The van der Waals surface area contributed by atoms with Crippen molar-refractivity contribution in [3.8, 4) is 0 Å². The van der Waals surface area contributed by atoms with E-state index in [1.54, 1.807) is 0 Å². The Morgan fingerprint density at radius 1 is 1.20 bits per heavy atom. The molecular formula is C8H19OP. The molecule has 1 unspecified atom stereocenters. The van der Waals surface area contributed by atoms with Crippen LogP contribution in [0.15, 0.2) is 0 Å². The molecule has 0 bridgehead atoms. The third kappa shape index (κ3) is 2.98. The van der Waals surface area contributed by atoms with E-state index in [0.29, 0.717) is 0 Å². The van der Waals surface area contributed by atoms with Gasteiger partial charge in [0.25, 0.3) is 0 Å². The second kappa shape index (κ2) is 6.12. The molecule has 0 aliphatic heterocycles. The molecule has 0 saturated carbocycles. The highest BCUT2D eigenvalue weighted by atomic mass is 31.1. The summed E-state index contributed by atoms with van der Waals surface area (Å²) in [5, 5.41) is 0. The van der Waals surface area contributed by atoms with Crippen LogP contribution in [0.5, 0.6) is 0 Å². The van der Waals surface area contributed by atoms with Crippen LogP contribution in [0.25, 0.3) is 0 Å². The molecule has 1 nitrogen and oxygen atoms in total. The maximum absolute atomic E-state index is 5.41. The minimum Gasteiger partial charge on any atom is -0.362 e. The van der Waals surface area contributed by atoms with Gasteiger partial charge in [0.1, 0.15) is 0 Å². The number of rotatable bonds is 5. The molecule has 0 N–H and O–H groups in total. The maximum atomic E-state index is 5.41. The standard InChI is InChI=1S/C8H19OP/c1-5-8(6-2)10(7-3)9-4/h8H,5-7H2,1-4H3. The van der Waals surface area contributed by atoms with Crippen LogP contribution < -0.4 is 0 Å². The lowest BCUT2D eigenvalue weighted by molar-refractivity contribution is 0.449. The topological polar surface area (TPSA) is 9.23 Å². The molecule has 0 rings (SSSR count). The molecule has 0 aliphatic rings. The van der Waals surface area contributed by atoms with Gasteiger partial charge in [0.05, 0.1) is 0 Å². The quantitative estimate of drug-likeness (QED) is 0.564. The maximum Gasteiger partial charge on any atom is 0.0398 e. The van der Waals surface area contributed by atoms with Gasteiger partial charge in [0.2, 0.25) is 0 Å². The molecule has 62 valence electrons. The van der Waals surface area contributed by atoms with Gasteiger partial charge in [-0.15, -0.1) is 0 Å². The van der Waals surface area contributed by atoms with E-state index in [1.807, 2.05) is 7.11 Å². The molecule has 0 fully saturated rings. The molecule has 0 radical (unpaired) electrons. The fourth-order valence-electron chi connectivity index (χ4n) is 1.23. The molecule has 0 saturated heterocycles. The first-order valence-electron chi connectivity index (χ1n) is 4.10. The summed E-state index contributed by atoms with van der Waals surface area (Å²) in [4.78, 5) is 0. The Kier molecular flexibility index (Phi) is 6.36. The molecule has 0 aromatic rings. The molecule has 0 amide bonds. The number of hydrogen-bond donors (Lipinski definition) is 0. The van der Waals surface area contributed by atoms with Crippen LogP contribution in [-0.2, 0) is 4.52 Å². The van der Waals surface area contributed by atoms with Crippen molar-refractivity contribution in [1.82, 2.24) is 0 Å². The molecular weight excluding hydrogens is 143 g/mol. The Labute approximate surface area is 66.0 Å². The Balaban J connectivity index is 3.70. The van der Waals surface area contributed by atoms with Crippen molar-refractivity contribution in [2.45, 2.75) is 39.3 Å². The molecule has 0 spiro atoms. The smallest absolute Gasteiger partial charge is 0.0398 e. The van der Waals surface area contributed by atoms with Crippen molar-refractivity contribution >= 4 is 8.15 Å². The molecule has 10 heavy (non-hydrogen) atoms. The fourth-order valence-corrected chi connectivity index (χ4v) is 3.12. The second-order valence-corrected chi connectivity index (χ2v) is 4.95. The summed E-state index contributed by atoms with van der Waals surface area (Å²) in [5.41, 5.74) is 0.824. The highest BCUT2D eigenvalue weighted by Gasteiger charge is 2.14. The molecule has 0 aliphatic carbocycles. The summed E-state index contributed by atoms with van der Waals surface area (Å²) in [6, 6.07) is 0. The van der Waals surface area contributed by atoms with Crippen LogP contribution in [0.2, 0.25) is 0 Å². The lowest BCUT2D eigenvalue weighted by Gasteiger charge is -2.21. The lowest BCUT2D eigenvalue weighted by Crippen LogP contribution is -2.04. The molecule has 1 atom stereocenters. The monoisotopic (exact) mass is 162 g/mol. The first-order valence-corrected chi connectivity index (χ1v) is 5.62. The Bertz CT molecular complexity index is 57.7. The van der Waals surface area contributed by atoms with Gasteiger partial charge < -0.3 is 4.52 Å². The summed E-state index contributed by atoms with van der Waals surface area (Å²) in [6.07, 6.45) is 3.74. The zero-order valence-corrected chi connectivity index (χ0v) is 8.45. The summed E-state index contributed by atoms with van der Waals surface area (Å²) in [7, 11) is 1.72. The zero-order valence-electron chi connectivity index (χ0n) is 7.55. The van der Waals surface area contributed by atoms with Crippen molar-refractivity contribution in [1.29, 1.82) is 0 Å². The summed E-state index contributed by atoms with van der Waals surface area (Å²) in [5.74, 6) is 0. The normalized spacial score (nSPS) is 14.1. The third-order valence-corrected chi connectivity index (χ3v) is 4.53. The second-order valence-electron chi connectivity index (χ2n) is 2.39. The van der Waals surface area contributed by atoms with Gasteiger partial charge in [-0.25, -0.2) is 0 Å². The van der Waals surface area contributed by atoms with Crippen LogP contribution in [-0.4, -0.2) is 18.9 Å². The van der Waals surface area contributed by atoms with Crippen molar-refractivity contribution in [3.63, 3.8) is 0 Å². The summed E-state index contributed by atoms with van der Waals surface area (Å²) in [6.45, 7) is 6.71. The highest BCUT2D eigenvalue weighted by Crippen LogP contribution is 2.44. The van der Waals surface area contributed by atoms with E-state index in [-0.39, 0.29) is 8.15 Å². The Morgan fingerprint density at radius 3 is 1.80 bits per heavy atom. The lowest BCUT2D eigenvalue weighted by atomic mass is 10.3. The van der Waals surface area contributed by atoms with E-state index in [1.165, 1.54) is 19.0 Å². The van der Waals surface area contributed by atoms with Gasteiger partial charge >= 0.3 is 0 Å². The molecule has 0 heterocycles. The predicted octanol–water partition coefficient (Wildman–Crippen LogP) is 3.24. The largest absolute Gasteiger partial charge is 0.362 e. The number of hydrogen-bond acceptors (Lipinski definition) is 1. The average molecular weight is 162 g/mol. The van der Waals surface area contributed by atoms with Gasteiger partial charge in [-0.3, -0.25) is 0 Å². The van der Waals surface area contributed by atoms with Crippen molar-refractivity contribution in [2.24, 2.45) is 0 Å². The van der Waals surface area contributed by atoms with E-state index >= 15 is 0 Å². The van der Waals surface area contributed by atoms with Crippen LogP contribution in [0, 0.1) is 0 Å². The Hall–Kier alpha value is 0.390. The molecule has 0 aromatic heterocycles. The van der Waals surface area contributed by atoms with E-state index in [0.717, 1.165) is 5.66 Å². The van der Waals surface area contributed by atoms with Crippen molar-refractivity contribution in [3.05, 3.63) is 0 Å². The van der Waals surface area contributed by atoms with E-state index in [2.05, 4.69) is 20.8 Å². The van der Waals surface area contributed by atoms with Crippen LogP contribution in [0.3, 0.4) is 0 Å². The predicted molar refractivity (Wildman–Crippen MR) is 48.8 cm³/mol. The van der Waals surface area contributed by atoms with E-state index < -0.39 is 0 Å². The minimum atomic E-state index is -0.120. The first kappa shape index (κ1) is 10.4. The van der Waals surface area contributed by atoms with Gasteiger partial charge in [-0.05, 0) is 19.0 Å². The van der Waals surface area contributed by atoms with Crippen molar-refractivity contribution in [2.75, 3.05) is 13.3 Å². The zero-order chi connectivity index (χ0) is 7.98. The van der Waals surface area contributed by atoms with Crippen LogP contribution >= 0.6 is 8.15 Å². The van der Waals surface area contributed by atoms with Gasteiger partial charge in [-0.2, -0.15) is 0 Å². The van der Waals surface area contributed by atoms with Crippen LogP contribution in [0.4, 0.5) is 0 Å². The average Bonchev–Trinajstić information content (AvgIpc) is 2.00. The molecule has 2 heteroatoms. The summed E-state index contributed by atoms with van der Waals surface area (Å²) >= 11 is 0.